The molecule has 28 heavy (non-hydrogen) atoms. The third-order valence-electron chi connectivity index (χ3n) is 5.02. The predicted molar refractivity (Wildman–Crippen MR) is 99.5 cm³/mol. The first-order chi connectivity index (χ1) is 13.5. The molecule has 0 fully saturated rings. The summed E-state index contributed by atoms with van der Waals surface area (Å²) in [4.78, 5) is 43.0. The van der Waals surface area contributed by atoms with Crippen molar-refractivity contribution in [1.29, 1.82) is 0 Å². The van der Waals surface area contributed by atoms with Gasteiger partial charge >= 0.3 is 5.97 Å². The van der Waals surface area contributed by atoms with Crippen molar-refractivity contribution < 1.29 is 19.0 Å². The molecule has 0 saturated carbocycles. The van der Waals surface area contributed by atoms with Crippen LogP contribution in [0.1, 0.15) is 29.2 Å². The predicted octanol–water partition coefficient (Wildman–Crippen LogP) is 1.74. The molecule has 5 rings (SSSR count). The number of carbonyl (C=O) groups excluding carboxylic acids is 1. The monoisotopic (exact) mass is 380 g/mol. The minimum absolute atomic E-state index is 0.0850. The van der Waals surface area contributed by atoms with Gasteiger partial charge in [0.1, 0.15) is 19.0 Å². The second-order valence-electron chi connectivity index (χ2n) is 6.93. The van der Waals surface area contributed by atoms with Gasteiger partial charge in [-0.3, -0.25) is 14.4 Å². The van der Waals surface area contributed by atoms with Crippen molar-refractivity contribution in [2.45, 2.75) is 19.3 Å². The molecule has 0 unspecified atom stereocenters. The van der Waals surface area contributed by atoms with Crippen LogP contribution in [0.15, 0.2) is 33.9 Å². The lowest BCUT2D eigenvalue weighted by Gasteiger charge is -2.24. The zero-order valence-electron chi connectivity index (χ0n) is 15.0. The van der Waals surface area contributed by atoms with Gasteiger partial charge < -0.3 is 24.2 Å². The van der Waals surface area contributed by atoms with Crippen molar-refractivity contribution in [1.82, 2.24) is 9.97 Å². The van der Waals surface area contributed by atoms with Crippen LogP contribution >= 0.6 is 0 Å². The zero-order chi connectivity index (χ0) is 19.4. The maximum atomic E-state index is 12.8. The maximum absolute atomic E-state index is 12.8. The van der Waals surface area contributed by atoms with E-state index in [9.17, 15) is 14.4 Å². The van der Waals surface area contributed by atoms with Crippen molar-refractivity contribution in [2.75, 3.05) is 13.2 Å². The number of aryl methyl sites for hydroxylation is 1. The van der Waals surface area contributed by atoms with E-state index in [1.165, 1.54) is 0 Å². The van der Waals surface area contributed by atoms with Gasteiger partial charge in [0.2, 0.25) is 0 Å². The Bertz CT molecular complexity index is 1260. The molecule has 2 aromatic heterocycles. The Hall–Kier alpha value is -3.55. The van der Waals surface area contributed by atoms with Crippen LogP contribution in [0.4, 0.5) is 0 Å². The average Bonchev–Trinajstić information content (AvgIpc) is 2.64. The third-order valence-corrected chi connectivity index (χ3v) is 5.02. The number of esters is 1. The number of benzene rings is 1. The van der Waals surface area contributed by atoms with Crippen molar-refractivity contribution in [2.24, 2.45) is 0 Å². The molecule has 0 amide bonds. The summed E-state index contributed by atoms with van der Waals surface area (Å²) < 4.78 is 16.4. The van der Waals surface area contributed by atoms with Crippen LogP contribution in [0.2, 0.25) is 0 Å². The van der Waals surface area contributed by atoms with Crippen LogP contribution in [-0.4, -0.2) is 29.2 Å². The Morgan fingerprint density at radius 1 is 0.893 bits per heavy atom. The largest absolute Gasteiger partial charge is 0.486 e. The lowest BCUT2D eigenvalue weighted by Crippen LogP contribution is -2.31. The fourth-order valence-electron chi connectivity index (χ4n) is 3.80. The topological polar surface area (TPSA) is 110 Å². The molecule has 0 radical (unpaired) electrons. The second kappa shape index (κ2) is 5.98. The highest BCUT2D eigenvalue weighted by Gasteiger charge is 2.33. The molecule has 2 N–H and O–H groups in total. The smallest absolute Gasteiger partial charge is 0.312 e. The van der Waals surface area contributed by atoms with Gasteiger partial charge in [-0.1, -0.05) is 0 Å². The number of aromatic nitrogens is 2. The summed E-state index contributed by atoms with van der Waals surface area (Å²) >= 11 is 0. The van der Waals surface area contributed by atoms with Crippen LogP contribution in [-0.2, 0) is 4.79 Å². The van der Waals surface area contributed by atoms with E-state index < -0.39 is 11.9 Å². The molecular formula is C20H16N2O6. The number of nitrogens with one attached hydrogen (secondary N) is 2. The van der Waals surface area contributed by atoms with Crippen molar-refractivity contribution >= 4 is 16.9 Å². The molecule has 8 nitrogen and oxygen atoms in total. The van der Waals surface area contributed by atoms with Crippen molar-refractivity contribution in [3.63, 3.8) is 0 Å². The quantitative estimate of drug-likeness (QED) is 0.622. The highest BCUT2D eigenvalue weighted by molar-refractivity contribution is 5.84. The van der Waals surface area contributed by atoms with E-state index in [-0.39, 0.29) is 28.9 Å². The Kier molecular flexibility index (Phi) is 3.55. The van der Waals surface area contributed by atoms with E-state index in [0.29, 0.717) is 41.5 Å². The molecule has 2 aliphatic rings. The van der Waals surface area contributed by atoms with E-state index in [1.807, 2.05) is 0 Å². The minimum Gasteiger partial charge on any atom is -0.486 e. The Morgan fingerprint density at radius 3 is 2.43 bits per heavy atom. The van der Waals surface area contributed by atoms with Crippen LogP contribution in [0.5, 0.6) is 17.2 Å². The number of fused-ring (bicyclic) bond motifs is 3. The standard InChI is InChI=1S/C20H16N2O6/c1-9-4-16-18(20(25)21-9)11(7-17(23)28-16)12-5-10-6-14-15(27-3-2-26-14)8-13(10)22-19(12)24/h4-6,8,11H,2-3,7H2,1H3,(H,21,25)(H,22,24)/t11-/m0/s1. The first-order valence-corrected chi connectivity index (χ1v) is 8.90. The van der Waals surface area contributed by atoms with Crippen LogP contribution in [0, 0.1) is 6.92 Å². The van der Waals surface area contributed by atoms with E-state index in [1.54, 1.807) is 31.2 Å². The Morgan fingerprint density at radius 2 is 1.64 bits per heavy atom. The van der Waals surface area contributed by atoms with Gasteiger partial charge in [-0.05, 0) is 19.1 Å². The number of aromatic amines is 2. The molecule has 142 valence electrons. The van der Waals surface area contributed by atoms with Crippen LogP contribution in [0.25, 0.3) is 10.9 Å². The summed E-state index contributed by atoms with van der Waals surface area (Å²) in [6, 6.07) is 6.79. The number of hydrogen-bond donors (Lipinski definition) is 2. The van der Waals surface area contributed by atoms with E-state index in [4.69, 9.17) is 14.2 Å². The molecular weight excluding hydrogens is 364 g/mol. The molecule has 2 aliphatic heterocycles. The first-order valence-electron chi connectivity index (χ1n) is 8.90. The van der Waals surface area contributed by atoms with E-state index in [0.717, 1.165) is 5.39 Å². The summed E-state index contributed by atoms with van der Waals surface area (Å²) in [5.41, 5.74) is 1.05. The normalized spacial score (nSPS) is 17.9. The minimum atomic E-state index is -0.693. The second-order valence-corrected chi connectivity index (χ2v) is 6.93. The summed E-state index contributed by atoms with van der Waals surface area (Å²) in [5, 5.41) is 0.725. The Balaban J connectivity index is 1.72. The molecule has 0 spiro atoms. The number of H-pyrrole nitrogens is 2. The number of ether oxygens (including phenoxy) is 3. The SMILES string of the molecule is Cc1cc2c(c(=O)[nH]1)[C@H](c1cc3cc4c(cc3[nH]c1=O)OCCO4)CC(=O)O2. The zero-order valence-corrected chi connectivity index (χ0v) is 15.0. The molecule has 3 aromatic rings. The van der Waals surface area contributed by atoms with Crippen LogP contribution in [0.3, 0.4) is 0 Å². The molecule has 4 heterocycles. The number of carbonyl (C=O) groups is 1. The van der Waals surface area contributed by atoms with Gasteiger partial charge in [-0.25, -0.2) is 0 Å². The van der Waals surface area contributed by atoms with Crippen molar-refractivity contribution in [3.05, 3.63) is 61.8 Å². The van der Waals surface area contributed by atoms with E-state index in [2.05, 4.69) is 9.97 Å². The molecule has 0 bridgehead atoms. The number of rotatable bonds is 1. The summed E-state index contributed by atoms with van der Waals surface area (Å²) in [6.45, 7) is 2.60. The third kappa shape index (κ3) is 2.57. The summed E-state index contributed by atoms with van der Waals surface area (Å²) in [5.74, 6) is 0.185. The lowest BCUT2D eigenvalue weighted by atomic mass is 9.87. The van der Waals surface area contributed by atoms with Gasteiger partial charge in [-0.2, -0.15) is 0 Å². The molecule has 8 heteroatoms. The molecule has 0 saturated heterocycles. The van der Waals surface area contributed by atoms with Gasteiger partial charge in [0, 0.05) is 34.7 Å². The highest BCUT2D eigenvalue weighted by atomic mass is 16.6. The molecule has 0 aliphatic carbocycles. The van der Waals surface area contributed by atoms with Gasteiger partial charge in [0.15, 0.2) is 11.5 Å². The van der Waals surface area contributed by atoms with E-state index >= 15 is 0 Å². The summed E-state index contributed by atoms with van der Waals surface area (Å²) in [6.07, 6.45) is -0.0850. The highest BCUT2D eigenvalue weighted by Crippen LogP contribution is 2.38. The molecule has 1 aromatic carbocycles. The molecule has 1 atom stereocenters. The lowest BCUT2D eigenvalue weighted by molar-refractivity contribution is -0.135. The van der Waals surface area contributed by atoms with Gasteiger partial charge in [0.05, 0.1) is 17.5 Å². The number of hydrogen-bond acceptors (Lipinski definition) is 6. The Labute approximate surface area is 158 Å². The fraction of sp³-hybridized carbons (Fsp3) is 0.250. The first kappa shape index (κ1) is 16.6. The van der Waals surface area contributed by atoms with Gasteiger partial charge in [-0.15, -0.1) is 0 Å². The summed E-state index contributed by atoms with van der Waals surface area (Å²) in [7, 11) is 0. The average molecular weight is 380 g/mol. The van der Waals surface area contributed by atoms with Crippen molar-refractivity contribution in [3.8, 4) is 17.2 Å². The fourth-order valence-corrected chi connectivity index (χ4v) is 3.80. The van der Waals surface area contributed by atoms with Crippen LogP contribution < -0.4 is 25.3 Å². The maximum Gasteiger partial charge on any atom is 0.312 e. The number of pyridine rings is 2. The van der Waals surface area contributed by atoms with Gasteiger partial charge in [0.25, 0.3) is 11.1 Å².